The molecule has 4 rings (SSSR count). The van der Waals surface area contributed by atoms with E-state index in [1.165, 1.54) is 12.8 Å². The third-order valence-corrected chi connectivity index (χ3v) is 5.51. The van der Waals surface area contributed by atoms with Gasteiger partial charge in [-0.15, -0.1) is 11.6 Å². The Balaban J connectivity index is 1.82. The zero-order valence-electron chi connectivity index (χ0n) is 10.7. The molecule has 4 aliphatic carbocycles. The number of carbonyl (C=O) groups excluding carboxylic acids is 2. The minimum absolute atomic E-state index is 0.0396. The maximum atomic E-state index is 11.8. The maximum Gasteiger partial charge on any atom is 0.235 e. The fraction of sp³-hybridized carbons (Fsp3) is 0.857. The molecule has 0 aromatic rings. The highest BCUT2D eigenvalue weighted by Crippen LogP contribution is 2.58. The number of ketones is 1. The molecule has 1 N–H and O–H groups in total. The minimum Gasteiger partial charge on any atom is -0.350 e. The van der Waals surface area contributed by atoms with E-state index in [9.17, 15) is 9.59 Å². The van der Waals surface area contributed by atoms with E-state index in [4.69, 9.17) is 11.6 Å². The molecule has 0 aromatic heterocycles. The summed E-state index contributed by atoms with van der Waals surface area (Å²) in [6.45, 7) is 1.73. The summed E-state index contributed by atoms with van der Waals surface area (Å²) in [5.74, 6) is 2.27. The largest absolute Gasteiger partial charge is 0.350 e. The molecule has 4 aliphatic rings. The van der Waals surface area contributed by atoms with Gasteiger partial charge in [-0.05, 0) is 56.8 Å². The van der Waals surface area contributed by atoms with Crippen LogP contribution in [0.4, 0.5) is 0 Å². The Morgan fingerprint density at radius 2 is 1.83 bits per heavy atom. The topological polar surface area (TPSA) is 46.2 Å². The maximum absolute atomic E-state index is 11.8. The number of Topliss-reactive ketones (excluding diaryl/α,β-unsaturated/α-hetero) is 1. The highest BCUT2D eigenvalue weighted by Gasteiger charge is 2.56. The second-order valence-corrected chi connectivity index (χ2v) is 6.84. The van der Waals surface area contributed by atoms with Gasteiger partial charge in [0.25, 0.3) is 0 Å². The summed E-state index contributed by atoms with van der Waals surface area (Å²) >= 11 is 5.61. The molecular weight excluding hydrogens is 250 g/mol. The van der Waals surface area contributed by atoms with E-state index in [2.05, 4.69) is 5.32 Å². The third-order valence-electron chi connectivity index (χ3n) is 5.27. The molecule has 1 amide bonds. The number of rotatable bonds is 3. The molecule has 100 valence electrons. The van der Waals surface area contributed by atoms with Crippen molar-refractivity contribution in [3.63, 3.8) is 0 Å². The van der Waals surface area contributed by atoms with E-state index in [0.29, 0.717) is 23.5 Å². The van der Waals surface area contributed by atoms with E-state index in [1.807, 2.05) is 0 Å². The molecule has 2 atom stereocenters. The normalized spacial score (nSPS) is 45.0. The number of hydrogen-bond acceptors (Lipinski definition) is 2. The first kappa shape index (κ1) is 12.5. The van der Waals surface area contributed by atoms with Crippen molar-refractivity contribution in [3.05, 3.63) is 0 Å². The number of alkyl halides is 1. The lowest BCUT2D eigenvalue weighted by atomic mass is 9.48. The van der Waals surface area contributed by atoms with E-state index >= 15 is 0 Å². The first-order valence-electron chi connectivity index (χ1n) is 6.90. The lowest BCUT2D eigenvalue weighted by Crippen LogP contribution is -2.63. The Bertz CT molecular complexity index is 379. The van der Waals surface area contributed by atoms with Gasteiger partial charge in [0.1, 0.15) is 11.7 Å². The molecule has 0 radical (unpaired) electrons. The van der Waals surface area contributed by atoms with Crippen LogP contribution in [0.2, 0.25) is 0 Å². The molecule has 0 spiro atoms. The monoisotopic (exact) mass is 269 g/mol. The smallest absolute Gasteiger partial charge is 0.235 e. The third kappa shape index (κ3) is 1.87. The lowest BCUT2D eigenvalue weighted by molar-refractivity contribution is -0.139. The zero-order chi connectivity index (χ0) is 12.9. The van der Waals surface area contributed by atoms with Crippen molar-refractivity contribution in [2.24, 2.45) is 23.7 Å². The molecule has 3 nitrogen and oxygen atoms in total. The summed E-state index contributed by atoms with van der Waals surface area (Å²) in [5, 5.41) is 3.15. The van der Waals surface area contributed by atoms with Crippen LogP contribution in [0, 0.1) is 23.7 Å². The summed E-state index contributed by atoms with van der Waals surface area (Å²) in [6, 6.07) is 0. The van der Waals surface area contributed by atoms with Gasteiger partial charge < -0.3 is 5.32 Å². The van der Waals surface area contributed by atoms with Crippen molar-refractivity contribution in [1.29, 1.82) is 0 Å². The van der Waals surface area contributed by atoms with Crippen LogP contribution in [0.25, 0.3) is 0 Å². The molecule has 0 aromatic carbocycles. The van der Waals surface area contributed by atoms with Crippen molar-refractivity contribution in [2.45, 2.75) is 44.6 Å². The van der Waals surface area contributed by atoms with Gasteiger partial charge in [0.05, 0.1) is 0 Å². The van der Waals surface area contributed by atoms with Crippen LogP contribution in [0.5, 0.6) is 0 Å². The number of nitrogens with one attached hydrogen (secondary N) is 1. The van der Waals surface area contributed by atoms with E-state index in [0.717, 1.165) is 19.3 Å². The van der Waals surface area contributed by atoms with Gasteiger partial charge in [0.15, 0.2) is 0 Å². The molecule has 4 bridgehead atoms. The summed E-state index contributed by atoms with van der Waals surface area (Å²) < 4.78 is 0. The molecule has 0 aliphatic heterocycles. The summed E-state index contributed by atoms with van der Waals surface area (Å²) in [7, 11) is 0. The summed E-state index contributed by atoms with van der Waals surface area (Å²) in [5.41, 5.74) is -0.0472. The second kappa shape index (κ2) is 4.22. The summed E-state index contributed by atoms with van der Waals surface area (Å²) in [4.78, 5) is 23.4. The molecule has 4 heteroatoms. The number of amides is 1. The first-order chi connectivity index (χ1) is 8.53. The fourth-order valence-corrected chi connectivity index (χ4v) is 5.24. The minimum atomic E-state index is -0.0574. The number of hydrogen-bond donors (Lipinski definition) is 1. The Morgan fingerprint density at radius 3 is 2.33 bits per heavy atom. The lowest BCUT2D eigenvalue weighted by Gasteiger charge is -2.59. The standard InChI is InChI=1S/C14H20ClNO2/c1-8(17)13-10-2-9-3-11(13)6-14(4-9,5-10)16-12(18)7-15/h9-11,13H,2-7H2,1H3,(H,16,18). The van der Waals surface area contributed by atoms with Crippen LogP contribution < -0.4 is 5.32 Å². The Kier molecular flexibility index (Phi) is 2.92. The van der Waals surface area contributed by atoms with Crippen LogP contribution in [0.1, 0.15) is 39.0 Å². The van der Waals surface area contributed by atoms with Gasteiger partial charge >= 0.3 is 0 Å². The van der Waals surface area contributed by atoms with Crippen LogP contribution >= 0.6 is 11.6 Å². The van der Waals surface area contributed by atoms with Gasteiger partial charge in [-0.1, -0.05) is 0 Å². The van der Waals surface area contributed by atoms with E-state index in [1.54, 1.807) is 6.92 Å². The SMILES string of the molecule is CC(=O)C1C2CC3CC1CC(NC(=O)CCl)(C3)C2. The molecule has 0 heterocycles. The number of carbonyl (C=O) groups is 2. The van der Waals surface area contributed by atoms with Crippen LogP contribution in [0.3, 0.4) is 0 Å². The second-order valence-electron chi connectivity index (χ2n) is 6.57. The Morgan fingerprint density at radius 1 is 1.22 bits per heavy atom. The quantitative estimate of drug-likeness (QED) is 0.798. The van der Waals surface area contributed by atoms with Gasteiger partial charge in [-0.2, -0.15) is 0 Å². The summed E-state index contributed by atoms with van der Waals surface area (Å²) in [6.07, 6.45) is 5.41. The highest BCUT2D eigenvalue weighted by atomic mass is 35.5. The van der Waals surface area contributed by atoms with E-state index < -0.39 is 0 Å². The van der Waals surface area contributed by atoms with Crippen molar-refractivity contribution < 1.29 is 9.59 Å². The van der Waals surface area contributed by atoms with Crippen molar-refractivity contribution in [3.8, 4) is 0 Å². The van der Waals surface area contributed by atoms with Crippen molar-refractivity contribution in [2.75, 3.05) is 5.88 Å². The average molecular weight is 270 g/mol. The van der Waals surface area contributed by atoms with Gasteiger partial charge in [-0.25, -0.2) is 0 Å². The van der Waals surface area contributed by atoms with Gasteiger partial charge in [-0.3, -0.25) is 9.59 Å². The zero-order valence-corrected chi connectivity index (χ0v) is 11.5. The number of halogens is 1. The molecule has 2 unspecified atom stereocenters. The fourth-order valence-electron chi connectivity index (χ4n) is 5.17. The predicted octanol–water partition coefficient (Wildman–Crippen LogP) is 2.13. The predicted molar refractivity (Wildman–Crippen MR) is 69.3 cm³/mol. The Labute approximate surface area is 113 Å². The first-order valence-corrected chi connectivity index (χ1v) is 7.44. The van der Waals surface area contributed by atoms with Crippen LogP contribution in [0.15, 0.2) is 0 Å². The Hall–Kier alpha value is -0.570. The molecule has 0 saturated heterocycles. The van der Waals surface area contributed by atoms with Crippen LogP contribution in [-0.2, 0) is 9.59 Å². The van der Waals surface area contributed by atoms with Crippen molar-refractivity contribution >= 4 is 23.3 Å². The molecule has 4 fully saturated rings. The molecule has 4 saturated carbocycles. The van der Waals surface area contributed by atoms with Crippen molar-refractivity contribution in [1.82, 2.24) is 5.32 Å². The van der Waals surface area contributed by atoms with Gasteiger partial charge in [0, 0.05) is 11.5 Å². The molecular formula is C14H20ClNO2. The van der Waals surface area contributed by atoms with Crippen LogP contribution in [-0.4, -0.2) is 23.1 Å². The molecule has 18 heavy (non-hydrogen) atoms. The van der Waals surface area contributed by atoms with Gasteiger partial charge in [0.2, 0.25) is 5.91 Å². The van der Waals surface area contributed by atoms with E-state index in [-0.39, 0.29) is 23.2 Å². The average Bonchev–Trinajstić information content (AvgIpc) is 2.26. The highest BCUT2D eigenvalue weighted by molar-refractivity contribution is 6.27.